The van der Waals surface area contributed by atoms with E-state index in [9.17, 15) is 0 Å². The summed E-state index contributed by atoms with van der Waals surface area (Å²) >= 11 is 0. The minimum Gasteiger partial charge on any atom is -0.310 e. The van der Waals surface area contributed by atoms with Crippen LogP contribution in [-0.4, -0.2) is 4.57 Å². The molecule has 6 aliphatic rings. The summed E-state index contributed by atoms with van der Waals surface area (Å²) in [4.78, 5) is 2.57. The number of anilines is 3. The Morgan fingerprint density at radius 2 is 0.857 bits per heavy atom. The van der Waals surface area contributed by atoms with Crippen LogP contribution in [0.2, 0.25) is 0 Å². The van der Waals surface area contributed by atoms with Crippen molar-refractivity contribution in [1.82, 2.24) is 4.57 Å². The molecule has 2 heteroatoms. The smallest absolute Gasteiger partial charge is 0.0708 e. The van der Waals surface area contributed by atoms with Gasteiger partial charge in [0.05, 0.1) is 16.4 Å². The largest absolute Gasteiger partial charge is 0.310 e. The van der Waals surface area contributed by atoms with Gasteiger partial charge in [0.2, 0.25) is 0 Å². The molecule has 2 nitrogen and oxygen atoms in total. The quantitative estimate of drug-likeness (QED) is 0.161. The van der Waals surface area contributed by atoms with Crippen LogP contribution < -0.4 is 4.90 Å². The third kappa shape index (κ3) is 5.35. The molecule has 0 N–H and O–H groups in total. The molecule has 70 heavy (non-hydrogen) atoms. The van der Waals surface area contributed by atoms with Crippen LogP contribution in [0.4, 0.5) is 17.1 Å². The molecule has 16 rings (SSSR count). The van der Waals surface area contributed by atoms with Crippen molar-refractivity contribution in [3.8, 4) is 16.8 Å². The summed E-state index contributed by atoms with van der Waals surface area (Å²) in [6, 6.07) is 83.9. The predicted octanol–water partition coefficient (Wildman–Crippen LogP) is 17.0. The monoisotopic (exact) mass is 900 g/mol. The van der Waals surface area contributed by atoms with E-state index in [1.54, 1.807) is 11.1 Å². The van der Waals surface area contributed by atoms with Crippen LogP contribution >= 0.6 is 0 Å². The van der Waals surface area contributed by atoms with Crippen molar-refractivity contribution >= 4 is 38.9 Å². The molecular weight excluding hydrogens is 845 g/mol. The van der Waals surface area contributed by atoms with Crippen LogP contribution in [0.15, 0.2) is 218 Å². The maximum atomic E-state index is 2.66. The standard InChI is InChI=1S/C68H56N2/c1-66(2)58-24-12-9-21-54(58)55-35-33-52(42-62(55)66)69(50-29-31-51(32-30-50)70-64-27-15-10-22-56(64)57-23-11-16-28-65(57)70)53-34-36-61-63(43-53)67(46-17-5-3-6-18-46,47-19-7-4-8-20-47)59-25-13-14-26-60(59)68(61)48-38-44-37-45(40-48)41-49(68)39-44/h3-36,42-45,48-49H,37-41H2,1-2H3. The van der Waals surface area contributed by atoms with Crippen LogP contribution in [0.5, 0.6) is 0 Å². The molecule has 4 bridgehead atoms. The lowest BCUT2D eigenvalue weighted by molar-refractivity contribution is -0.0440. The topological polar surface area (TPSA) is 8.17 Å². The summed E-state index contributed by atoms with van der Waals surface area (Å²) in [5.74, 6) is 2.97. The summed E-state index contributed by atoms with van der Waals surface area (Å²) in [5, 5.41) is 2.55. The van der Waals surface area contributed by atoms with E-state index in [0.717, 1.165) is 23.2 Å². The number of nitrogens with zero attached hydrogens (tertiary/aromatic N) is 2. The fourth-order valence-corrected chi connectivity index (χ4v) is 16.0. The zero-order valence-electron chi connectivity index (χ0n) is 40.0. The number of para-hydroxylation sites is 2. The van der Waals surface area contributed by atoms with Gasteiger partial charge in [-0.15, -0.1) is 0 Å². The molecule has 0 saturated heterocycles. The van der Waals surface area contributed by atoms with Gasteiger partial charge in [-0.2, -0.15) is 0 Å². The second kappa shape index (κ2) is 14.8. The highest BCUT2D eigenvalue weighted by Crippen LogP contribution is 2.70. The molecular formula is C68H56N2. The lowest BCUT2D eigenvalue weighted by Gasteiger charge is -2.65. The molecule has 0 atom stereocenters. The van der Waals surface area contributed by atoms with Gasteiger partial charge in [0.15, 0.2) is 0 Å². The van der Waals surface area contributed by atoms with Gasteiger partial charge >= 0.3 is 0 Å². The Morgan fingerprint density at radius 3 is 1.49 bits per heavy atom. The van der Waals surface area contributed by atoms with Crippen LogP contribution in [0.25, 0.3) is 38.6 Å². The molecule has 1 aromatic heterocycles. The lowest BCUT2D eigenvalue weighted by atomic mass is 9.38. The number of rotatable bonds is 6. The first kappa shape index (κ1) is 40.5. The van der Waals surface area contributed by atoms with E-state index in [1.807, 2.05) is 0 Å². The van der Waals surface area contributed by atoms with Gasteiger partial charge < -0.3 is 9.47 Å². The molecule has 0 radical (unpaired) electrons. The van der Waals surface area contributed by atoms with Crippen molar-refractivity contribution in [1.29, 1.82) is 0 Å². The molecule has 0 aliphatic heterocycles. The Labute approximate surface area is 411 Å². The number of aromatic nitrogens is 1. The molecule has 1 heterocycles. The average Bonchev–Trinajstić information content (AvgIpc) is 3.86. The maximum Gasteiger partial charge on any atom is 0.0708 e. The predicted molar refractivity (Wildman–Crippen MR) is 289 cm³/mol. The van der Waals surface area contributed by atoms with Crippen molar-refractivity contribution in [2.24, 2.45) is 23.7 Å². The van der Waals surface area contributed by atoms with E-state index in [0.29, 0.717) is 11.8 Å². The van der Waals surface area contributed by atoms with Gasteiger partial charge in [-0.25, -0.2) is 0 Å². The van der Waals surface area contributed by atoms with Gasteiger partial charge in [0.25, 0.3) is 0 Å². The third-order valence-corrected chi connectivity index (χ3v) is 18.5. The summed E-state index contributed by atoms with van der Waals surface area (Å²) in [5.41, 5.74) is 20.5. The van der Waals surface area contributed by atoms with E-state index in [4.69, 9.17) is 0 Å². The van der Waals surface area contributed by atoms with Crippen molar-refractivity contribution in [2.45, 2.75) is 62.2 Å². The van der Waals surface area contributed by atoms with E-state index >= 15 is 0 Å². The molecule has 10 aromatic rings. The summed E-state index contributed by atoms with van der Waals surface area (Å²) in [6.45, 7) is 4.81. The number of benzene rings is 9. The van der Waals surface area contributed by atoms with Crippen molar-refractivity contribution in [3.05, 3.63) is 263 Å². The van der Waals surface area contributed by atoms with Gasteiger partial charge in [-0.05, 0) is 172 Å². The Morgan fingerprint density at radius 1 is 0.386 bits per heavy atom. The van der Waals surface area contributed by atoms with Crippen molar-refractivity contribution in [3.63, 3.8) is 0 Å². The molecule has 0 amide bonds. The van der Waals surface area contributed by atoms with Gasteiger partial charge in [0.1, 0.15) is 0 Å². The first-order chi connectivity index (χ1) is 34.4. The fourth-order valence-electron chi connectivity index (χ4n) is 16.0. The number of fused-ring (bicyclic) bond motifs is 8. The average molecular weight is 901 g/mol. The normalized spacial score (nSPS) is 22.7. The highest BCUT2D eigenvalue weighted by Gasteiger charge is 2.63. The van der Waals surface area contributed by atoms with Crippen LogP contribution in [-0.2, 0) is 16.2 Å². The Kier molecular flexibility index (Phi) is 8.55. The summed E-state index contributed by atoms with van der Waals surface area (Å²) in [7, 11) is 0. The van der Waals surface area contributed by atoms with Crippen LogP contribution in [0, 0.1) is 23.7 Å². The summed E-state index contributed by atoms with van der Waals surface area (Å²) < 4.78 is 2.43. The fraction of sp³-hybridized carbons (Fsp3) is 0.206. The van der Waals surface area contributed by atoms with E-state index in [1.165, 1.54) is 110 Å². The Hall–Kier alpha value is -7.42. The molecule has 9 aromatic carbocycles. The molecule has 4 fully saturated rings. The first-order valence-electron chi connectivity index (χ1n) is 25.9. The number of hydrogen-bond acceptors (Lipinski definition) is 1. The van der Waals surface area contributed by atoms with Crippen molar-refractivity contribution < 1.29 is 0 Å². The van der Waals surface area contributed by atoms with Crippen LogP contribution in [0.3, 0.4) is 0 Å². The molecule has 338 valence electrons. The second-order valence-corrected chi connectivity index (χ2v) is 22.1. The third-order valence-electron chi connectivity index (χ3n) is 18.5. The summed E-state index contributed by atoms with van der Waals surface area (Å²) in [6.07, 6.45) is 6.78. The first-order valence-corrected chi connectivity index (χ1v) is 25.9. The lowest BCUT2D eigenvalue weighted by Crippen LogP contribution is -2.59. The molecule has 6 aliphatic carbocycles. The minimum atomic E-state index is -0.544. The van der Waals surface area contributed by atoms with Gasteiger partial charge in [-0.3, -0.25) is 0 Å². The zero-order chi connectivity index (χ0) is 46.3. The van der Waals surface area contributed by atoms with E-state index in [-0.39, 0.29) is 10.8 Å². The molecule has 1 spiro atoms. The Balaban J connectivity index is 1.000. The maximum absolute atomic E-state index is 2.66. The Bertz CT molecular complexity index is 3580. The SMILES string of the molecule is CC1(C)c2ccccc2-c2ccc(N(c3ccc(-n4c5ccccc5c5ccccc54)cc3)c3ccc4c(c3)C(c3ccccc3)(c3ccccc3)c3ccccc3C43C4CC5CC(C4)CC3C5)cc21. The molecule has 0 unspecified atom stereocenters. The van der Waals surface area contributed by atoms with Crippen LogP contribution in [0.1, 0.15) is 90.5 Å². The second-order valence-electron chi connectivity index (χ2n) is 22.1. The highest BCUT2D eigenvalue weighted by atomic mass is 15.1. The van der Waals surface area contributed by atoms with E-state index < -0.39 is 5.41 Å². The van der Waals surface area contributed by atoms with Crippen molar-refractivity contribution in [2.75, 3.05) is 4.90 Å². The van der Waals surface area contributed by atoms with Gasteiger partial charge in [-0.1, -0.05) is 172 Å². The number of hydrogen-bond donors (Lipinski definition) is 0. The zero-order valence-corrected chi connectivity index (χ0v) is 40.0. The van der Waals surface area contributed by atoms with E-state index in [2.05, 4.69) is 242 Å². The van der Waals surface area contributed by atoms with Gasteiger partial charge in [0, 0.05) is 44.4 Å². The highest BCUT2D eigenvalue weighted by molar-refractivity contribution is 6.09. The minimum absolute atomic E-state index is 0.0386. The molecule has 4 saturated carbocycles.